The first-order valence-electron chi connectivity index (χ1n) is 11.7. The van der Waals surface area contributed by atoms with Crippen LogP contribution in [0.1, 0.15) is 48.0 Å². The molecule has 32 heavy (non-hydrogen) atoms. The molecule has 3 heterocycles. The van der Waals surface area contributed by atoms with Gasteiger partial charge in [-0.2, -0.15) is 0 Å². The van der Waals surface area contributed by atoms with E-state index in [1.807, 2.05) is 23.1 Å². The molecule has 0 radical (unpaired) electrons. The highest BCUT2D eigenvalue weighted by Crippen LogP contribution is 2.32. The third-order valence-corrected chi connectivity index (χ3v) is 7.24. The van der Waals surface area contributed by atoms with Crippen LogP contribution in [0.5, 0.6) is 0 Å². The molecule has 1 atom stereocenters. The third kappa shape index (κ3) is 4.90. The molecule has 2 N–H and O–H groups in total. The molecule has 2 saturated heterocycles. The van der Waals surface area contributed by atoms with Crippen molar-refractivity contribution in [1.29, 1.82) is 0 Å². The third-order valence-electron chi connectivity index (χ3n) is 7.24. The largest absolute Gasteiger partial charge is 0.469 e. The van der Waals surface area contributed by atoms with Gasteiger partial charge in [0.05, 0.1) is 13.5 Å². The maximum atomic E-state index is 13.2. The number of methoxy groups -OCH3 is 1. The van der Waals surface area contributed by atoms with Crippen molar-refractivity contribution >= 4 is 23.5 Å². The minimum Gasteiger partial charge on any atom is -0.469 e. The Morgan fingerprint density at radius 2 is 1.78 bits per heavy atom. The van der Waals surface area contributed by atoms with Gasteiger partial charge in [-0.25, -0.2) is 0 Å². The number of ether oxygens (including phenoxy) is 1. The summed E-state index contributed by atoms with van der Waals surface area (Å²) in [5.74, 6) is 0.967. The molecular formula is C24H34N4O4. The van der Waals surface area contributed by atoms with Crippen LogP contribution in [0, 0.1) is 11.8 Å². The van der Waals surface area contributed by atoms with Crippen molar-refractivity contribution in [2.24, 2.45) is 11.8 Å². The molecule has 3 aliphatic rings. The van der Waals surface area contributed by atoms with Gasteiger partial charge in [0.2, 0.25) is 5.91 Å². The van der Waals surface area contributed by atoms with E-state index in [4.69, 9.17) is 4.74 Å². The number of likely N-dealkylation sites (tertiary alicyclic amines) is 1. The Bertz CT molecular complexity index is 860. The van der Waals surface area contributed by atoms with Crippen LogP contribution in [0.3, 0.4) is 0 Å². The van der Waals surface area contributed by atoms with Crippen LogP contribution in [0.2, 0.25) is 0 Å². The summed E-state index contributed by atoms with van der Waals surface area (Å²) in [6.07, 6.45) is 4.62. The molecule has 2 amide bonds. The van der Waals surface area contributed by atoms with E-state index < -0.39 is 12.0 Å². The zero-order valence-electron chi connectivity index (χ0n) is 19.1. The Labute approximate surface area is 189 Å². The number of fused-ring (bicyclic) bond motifs is 1. The molecule has 4 rings (SSSR count). The molecule has 3 aliphatic heterocycles. The van der Waals surface area contributed by atoms with Crippen LogP contribution in [-0.4, -0.2) is 74.0 Å². The smallest absolute Gasteiger partial charge is 0.308 e. The van der Waals surface area contributed by atoms with Crippen LogP contribution < -0.4 is 10.6 Å². The van der Waals surface area contributed by atoms with Crippen LogP contribution in [0.25, 0.3) is 0 Å². The summed E-state index contributed by atoms with van der Waals surface area (Å²) in [6.45, 7) is 4.23. The normalized spacial score (nSPS) is 22.7. The van der Waals surface area contributed by atoms with Crippen molar-refractivity contribution in [3.63, 3.8) is 0 Å². The molecule has 2 fully saturated rings. The van der Waals surface area contributed by atoms with Crippen LogP contribution in [0.4, 0.5) is 5.69 Å². The molecule has 0 spiro atoms. The second kappa shape index (κ2) is 9.90. The second-order valence-electron chi connectivity index (χ2n) is 9.26. The van der Waals surface area contributed by atoms with Crippen LogP contribution in [-0.2, 0) is 20.9 Å². The zero-order valence-corrected chi connectivity index (χ0v) is 19.1. The predicted octanol–water partition coefficient (Wildman–Crippen LogP) is 1.85. The lowest BCUT2D eigenvalue weighted by Gasteiger charge is -2.37. The van der Waals surface area contributed by atoms with Gasteiger partial charge in [-0.1, -0.05) is 0 Å². The van der Waals surface area contributed by atoms with Crippen molar-refractivity contribution in [1.82, 2.24) is 15.1 Å². The summed E-state index contributed by atoms with van der Waals surface area (Å²) < 4.78 is 4.73. The number of amides is 2. The number of esters is 1. The number of nitrogens with one attached hydrogen (secondary N) is 2. The fourth-order valence-corrected chi connectivity index (χ4v) is 5.31. The highest BCUT2D eigenvalue weighted by atomic mass is 16.5. The first kappa shape index (κ1) is 22.6. The summed E-state index contributed by atoms with van der Waals surface area (Å²) in [5, 5.41) is 6.61. The summed E-state index contributed by atoms with van der Waals surface area (Å²) in [4.78, 5) is 41.1. The van der Waals surface area contributed by atoms with Gasteiger partial charge < -0.3 is 25.2 Å². The standard InChI is InChI=1S/C24H34N4O4/c1-27-15-19-13-18(3-4-20(19)26-21(24(27)31)14-22(29)32-2)23(30)28-11-7-17(8-12-28)16-5-9-25-10-6-16/h3-4,13,16-17,21,25-26H,5-12,14-15H2,1-2H3. The number of hydrogen-bond donors (Lipinski definition) is 2. The van der Waals surface area contributed by atoms with Gasteiger partial charge >= 0.3 is 5.97 Å². The Morgan fingerprint density at radius 3 is 2.47 bits per heavy atom. The lowest BCUT2D eigenvalue weighted by molar-refractivity contribution is -0.143. The van der Waals surface area contributed by atoms with Crippen molar-refractivity contribution in [2.45, 2.75) is 44.7 Å². The first-order chi connectivity index (χ1) is 15.5. The molecule has 0 aromatic heterocycles. The number of piperidine rings is 2. The van der Waals surface area contributed by atoms with Gasteiger partial charge in [-0.15, -0.1) is 0 Å². The van der Waals surface area contributed by atoms with E-state index in [9.17, 15) is 14.4 Å². The topological polar surface area (TPSA) is 91.0 Å². The quantitative estimate of drug-likeness (QED) is 0.692. The van der Waals surface area contributed by atoms with Crippen molar-refractivity contribution < 1.29 is 19.1 Å². The van der Waals surface area contributed by atoms with Crippen molar-refractivity contribution in [2.75, 3.05) is 45.7 Å². The van der Waals surface area contributed by atoms with Crippen molar-refractivity contribution in [3.05, 3.63) is 29.3 Å². The highest BCUT2D eigenvalue weighted by Gasteiger charge is 2.32. The van der Waals surface area contributed by atoms with Gasteiger partial charge in [0, 0.05) is 37.9 Å². The van der Waals surface area contributed by atoms with Gasteiger partial charge in [0.25, 0.3) is 5.91 Å². The van der Waals surface area contributed by atoms with Crippen LogP contribution >= 0.6 is 0 Å². The lowest BCUT2D eigenvalue weighted by Crippen LogP contribution is -2.42. The van der Waals surface area contributed by atoms with Crippen LogP contribution in [0.15, 0.2) is 18.2 Å². The maximum absolute atomic E-state index is 13.2. The molecule has 1 unspecified atom stereocenters. The molecule has 1 aromatic rings. The van der Waals surface area contributed by atoms with E-state index in [2.05, 4.69) is 10.6 Å². The number of hydrogen-bond acceptors (Lipinski definition) is 6. The molecule has 8 nitrogen and oxygen atoms in total. The monoisotopic (exact) mass is 442 g/mol. The summed E-state index contributed by atoms with van der Waals surface area (Å²) in [5.41, 5.74) is 2.31. The maximum Gasteiger partial charge on any atom is 0.308 e. The first-order valence-corrected chi connectivity index (χ1v) is 11.7. The number of rotatable bonds is 4. The molecule has 174 valence electrons. The fraction of sp³-hybridized carbons (Fsp3) is 0.625. The van der Waals surface area contributed by atoms with Crippen molar-refractivity contribution in [3.8, 4) is 0 Å². The molecular weight excluding hydrogens is 408 g/mol. The second-order valence-corrected chi connectivity index (χ2v) is 9.26. The summed E-state index contributed by atoms with van der Waals surface area (Å²) >= 11 is 0. The van der Waals surface area contributed by atoms with E-state index in [0.717, 1.165) is 62.1 Å². The van der Waals surface area contributed by atoms with Gasteiger partial charge in [-0.05, 0) is 74.4 Å². The van der Waals surface area contributed by atoms with Gasteiger partial charge in [0.1, 0.15) is 6.04 Å². The lowest BCUT2D eigenvalue weighted by atomic mass is 9.79. The number of likely N-dealkylation sites (N-methyl/N-ethyl adjacent to an activating group) is 1. The Morgan fingerprint density at radius 1 is 1.09 bits per heavy atom. The van der Waals surface area contributed by atoms with E-state index in [0.29, 0.717) is 12.1 Å². The van der Waals surface area contributed by atoms with Gasteiger partial charge in [-0.3, -0.25) is 14.4 Å². The minimum absolute atomic E-state index is 0.0359. The van der Waals surface area contributed by atoms with Gasteiger partial charge in [0.15, 0.2) is 0 Å². The fourth-order valence-electron chi connectivity index (χ4n) is 5.31. The van der Waals surface area contributed by atoms with E-state index in [1.54, 1.807) is 11.9 Å². The average Bonchev–Trinajstić information content (AvgIpc) is 2.94. The van der Waals surface area contributed by atoms with E-state index >= 15 is 0 Å². The minimum atomic E-state index is -0.677. The molecule has 8 heteroatoms. The molecule has 0 aliphatic carbocycles. The predicted molar refractivity (Wildman–Crippen MR) is 121 cm³/mol. The number of carbonyl (C=O) groups is 3. The molecule has 0 bridgehead atoms. The summed E-state index contributed by atoms with van der Waals surface area (Å²) in [7, 11) is 3.03. The van der Waals surface area contributed by atoms with E-state index in [-0.39, 0.29) is 18.2 Å². The Kier molecular flexibility index (Phi) is 6.98. The highest BCUT2D eigenvalue weighted by molar-refractivity contribution is 5.96. The number of nitrogens with zero attached hydrogens (tertiary/aromatic N) is 2. The average molecular weight is 443 g/mol. The number of benzene rings is 1. The molecule has 0 saturated carbocycles. The van der Waals surface area contributed by atoms with E-state index in [1.165, 1.54) is 20.0 Å². The Balaban J connectivity index is 1.42. The summed E-state index contributed by atoms with van der Waals surface area (Å²) in [6, 6.07) is 4.87. The molecule has 1 aromatic carbocycles. The SMILES string of the molecule is COC(=O)CC1Nc2ccc(C(=O)N3CCC(C4CCNCC4)CC3)cc2CN(C)C1=O. The number of carbonyl (C=O) groups excluding carboxylic acids is 3. The Hall–Kier alpha value is -2.61. The number of anilines is 1. The zero-order chi connectivity index (χ0) is 22.7.